The van der Waals surface area contributed by atoms with Crippen molar-refractivity contribution in [1.82, 2.24) is 9.69 Å². The van der Waals surface area contributed by atoms with Gasteiger partial charge in [-0.2, -0.15) is 4.37 Å². The molecule has 6 N–H and O–H groups in total. The van der Waals surface area contributed by atoms with Crippen LogP contribution in [0.2, 0.25) is 0 Å². The third kappa shape index (κ3) is 5.67. The van der Waals surface area contributed by atoms with Gasteiger partial charge >= 0.3 is 0 Å². The predicted octanol–water partition coefficient (Wildman–Crippen LogP) is 3.38. The highest BCUT2D eigenvalue weighted by Gasteiger charge is 2.37. The van der Waals surface area contributed by atoms with Crippen molar-refractivity contribution in [3.05, 3.63) is 64.7 Å². The van der Waals surface area contributed by atoms with Gasteiger partial charge in [0.25, 0.3) is 11.8 Å². The third-order valence-corrected chi connectivity index (χ3v) is 7.07. The second kappa shape index (κ2) is 11.3. The first-order valence-electron chi connectivity index (χ1n) is 12.0. The largest absolute Gasteiger partial charge is 0.508 e. The van der Waals surface area contributed by atoms with Crippen molar-refractivity contribution in [3.8, 4) is 11.5 Å². The van der Waals surface area contributed by atoms with Crippen LogP contribution in [-0.4, -0.2) is 39.9 Å². The third-order valence-electron chi connectivity index (χ3n) is 6.22. The fraction of sp³-hybridized carbons (Fsp3) is 0.308. The smallest absolute Gasteiger partial charge is 0.273 e. The number of ether oxygens (including phenoxy) is 1. The summed E-state index contributed by atoms with van der Waals surface area (Å²) in [5.41, 5.74) is 12.0. The summed E-state index contributed by atoms with van der Waals surface area (Å²) in [6.45, 7) is 2.33. The lowest BCUT2D eigenvalue weighted by Gasteiger charge is -2.32. The van der Waals surface area contributed by atoms with E-state index in [4.69, 9.17) is 16.2 Å². The molecule has 0 radical (unpaired) electrons. The molecule has 1 fully saturated rings. The van der Waals surface area contributed by atoms with Gasteiger partial charge in [0.05, 0.1) is 12.3 Å². The number of phenols is 1. The van der Waals surface area contributed by atoms with E-state index < -0.39 is 17.9 Å². The predicted molar refractivity (Wildman–Crippen MR) is 141 cm³/mol. The second-order valence-corrected chi connectivity index (χ2v) is 9.50. The topological polar surface area (TPSA) is 161 Å². The molecule has 3 aromatic rings. The summed E-state index contributed by atoms with van der Waals surface area (Å²) < 4.78 is 9.50. The Kier molecular flexibility index (Phi) is 7.92. The van der Waals surface area contributed by atoms with Gasteiger partial charge < -0.3 is 26.6 Å². The van der Waals surface area contributed by atoms with Gasteiger partial charge in [-0.1, -0.05) is 25.0 Å². The van der Waals surface area contributed by atoms with Crippen LogP contribution in [-0.2, 0) is 4.79 Å². The summed E-state index contributed by atoms with van der Waals surface area (Å²) in [5.74, 6) is -1.22. The molecule has 3 amide bonds. The molecule has 0 bridgehead atoms. The molecule has 1 aliphatic rings. The minimum absolute atomic E-state index is 0.000615. The molecule has 0 aliphatic heterocycles. The average Bonchev–Trinajstić information content (AvgIpc) is 3.53. The van der Waals surface area contributed by atoms with Crippen LogP contribution in [0.15, 0.2) is 48.5 Å². The van der Waals surface area contributed by atoms with E-state index in [-0.39, 0.29) is 34.0 Å². The maximum Gasteiger partial charge on any atom is 0.273 e. The quantitative estimate of drug-likeness (QED) is 0.334. The minimum Gasteiger partial charge on any atom is -0.508 e. The van der Waals surface area contributed by atoms with Gasteiger partial charge in [0.2, 0.25) is 5.91 Å². The normalized spacial score (nSPS) is 14.2. The molecule has 1 aliphatic carbocycles. The maximum atomic E-state index is 14.0. The molecule has 10 nitrogen and oxygen atoms in total. The van der Waals surface area contributed by atoms with Crippen LogP contribution >= 0.6 is 11.5 Å². The summed E-state index contributed by atoms with van der Waals surface area (Å²) in [7, 11) is 0. The Morgan fingerprint density at radius 2 is 1.78 bits per heavy atom. The van der Waals surface area contributed by atoms with Crippen LogP contribution in [0.5, 0.6) is 11.5 Å². The Hall–Kier alpha value is -4.12. The van der Waals surface area contributed by atoms with Crippen molar-refractivity contribution in [2.24, 2.45) is 5.73 Å². The number of nitrogens with one attached hydrogen (secondary N) is 1. The molecule has 1 aromatic heterocycles. The van der Waals surface area contributed by atoms with Gasteiger partial charge in [0.15, 0.2) is 5.69 Å². The summed E-state index contributed by atoms with van der Waals surface area (Å²) in [6.07, 6.45) is 3.75. The molecule has 1 atom stereocenters. The zero-order chi connectivity index (χ0) is 26.5. The lowest BCUT2D eigenvalue weighted by atomic mass is 10.0. The number of nitrogens with zero attached hydrogens (tertiary/aromatic N) is 2. The van der Waals surface area contributed by atoms with Crippen LogP contribution in [0.1, 0.15) is 64.4 Å². The van der Waals surface area contributed by atoms with E-state index in [1.807, 2.05) is 6.92 Å². The molecule has 1 unspecified atom stereocenters. The van der Waals surface area contributed by atoms with Crippen LogP contribution in [0.4, 0.5) is 11.4 Å². The molecule has 194 valence electrons. The second-order valence-electron chi connectivity index (χ2n) is 8.72. The maximum absolute atomic E-state index is 14.0. The van der Waals surface area contributed by atoms with E-state index in [9.17, 15) is 19.5 Å². The number of hydrogen-bond donors (Lipinski definition) is 4. The molecule has 2 aromatic carbocycles. The molecular weight excluding hydrogens is 494 g/mol. The monoisotopic (exact) mass is 523 g/mol. The minimum atomic E-state index is -1.11. The first kappa shape index (κ1) is 26.0. The van der Waals surface area contributed by atoms with Crippen molar-refractivity contribution in [2.45, 2.75) is 44.7 Å². The Balaban J connectivity index is 1.83. The fourth-order valence-corrected chi connectivity index (χ4v) is 5.16. The number of amides is 3. The summed E-state index contributed by atoms with van der Waals surface area (Å²) in [6, 6.07) is 11.7. The highest BCUT2D eigenvalue weighted by Crippen LogP contribution is 2.35. The highest BCUT2D eigenvalue weighted by molar-refractivity contribution is 7.09. The van der Waals surface area contributed by atoms with E-state index in [0.29, 0.717) is 23.6 Å². The van der Waals surface area contributed by atoms with Gasteiger partial charge in [0, 0.05) is 11.7 Å². The molecule has 0 saturated heterocycles. The molecule has 37 heavy (non-hydrogen) atoms. The molecule has 0 spiro atoms. The number of rotatable bonds is 9. The SMILES string of the molecule is CCOc1ccc(N(C(=O)c2snc(C(N)=O)c2N)C(C(=O)NC2CCCC2)c2ccc(O)cc2)cc1. The Labute approximate surface area is 218 Å². The van der Waals surface area contributed by atoms with Crippen molar-refractivity contribution in [3.63, 3.8) is 0 Å². The number of aromatic hydroxyl groups is 1. The van der Waals surface area contributed by atoms with E-state index in [1.54, 1.807) is 36.4 Å². The highest BCUT2D eigenvalue weighted by atomic mass is 32.1. The van der Waals surface area contributed by atoms with Crippen LogP contribution in [0.3, 0.4) is 0 Å². The molecule has 4 rings (SSSR count). The number of hydrogen-bond acceptors (Lipinski definition) is 8. The Morgan fingerprint density at radius 1 is 1.14 bits per heavy atom. The number of aromatic nitrogens is 1. The van der Waals surface area contributed by atoms with Crippen molar-refractivity contribution < 1.29 is 24.2 Å². The lowest BCUT2D eigenvalue weighted by molar-refractivity contribution is -0.123. The lowest BCUT2D eigenvalue weighted by Crippen LogP contribution is -2.46. The van der Waals surface area contributed by atoms with E-state index in [1.165, 1.54) is 17.0 Å². The van der Waals surface area contributed by atoms with Crippen LogP contribution in [0.25, 0.3) is 0 Å². The zero-order valence-electron chi connectivity index (χ0n) is 20.3. The molecule has 1 saturated carbocycles. The summed E-state index contributed by atoms with van der Waals surface area (Å²) in [5, 5.41) is 12.9. The number of nitrogen functional groups attached to an aromatic ring is 1. The van der Waals surface area contributed by atoms with E-state index in [0.717, 1.165) is 37.2 Å². The standard InChI is InChI=1S/C26H29N5O5S/c1-2-36-19-13-9-17(10-14-19)31(26(35)23-20(27)21(24(28)33)30-37-23)22(15-7-11-18(32)12-8-15)25(34)29-16-5-3-4-6-16/h7-14,16,22,32H,2-6,27H2,1H3,(H2,28,33)(H,29,34). The van der Waals surface area contributed by atoms with Gasteiger partial charge in [-0.05, 0) is 73.3 Å². The van der Waals surface area contributed by atoms with Gasteiger partial charge in [-0.3, -0.25) is 19.3 Å². The van der Waals surface area contributed by atoms with Crippen LogP contribution < -0.4 is 26.4 Å². The van der Waals surface area contributed by atoms with E-state index >= 15 is 0 Å². The first-order chi connectivity index (χ1) is 17.8. The average molecular weight is 524 g/mol. The summed E-state index contributed by atoms with van der Waals surface area (Å²) >= 11 is 0.743. The van der Waals surface area contributed by atoms with Gasteiger partial charge in [-0.15, -0.1) is 0 Å². The molecule has 11 heteroatoms. The Bertz CT molecular complexity index is 1270. The zero-order valence-corrected chi connectivity index (χ0v) is 21.2. The van der Waals surface area contributed by atoms with Gasteiger partial charge in [-0.25, -0.2) is 0 Å². The number of carbonyl (C=O) groups is 3. The van der Waals surface area contributed by atoms with Crippen molar-refractivity contribution in [2.75, 3.05) is 17.2 Å². The number of benzene rings is 2. The molecule has 1 heterocycles. The molecular formula is C26H29N5O5S. The van der Waals surface area contributed by atoms with E-state index in [2.05, 4.69) is 9.69 Å². The Morgan fingerprint density at radius 3 is 2.35 bits per heavy atom. The number of nitrogens with two attached hydrogens (primary N) is 2. The summed E-state index contributed by atoms with van der Waals surface area (Å²) in [4.78, 5) is 40.9. The van der Waals surface area contributed by atoms with Crippen molar-refractivity contribution in [1.29, 1.82) is 0 Å². The number of phenolic OH excluding ortho intramolecular Hbond substituents is 1. The van der Waals surface area contributed by atoms with Crippen LogP contribution in [0, 0.1) is 0 Å². The van der Waals surface area contributed by atoms with Gasteiger partial charge in [0.1, 0.15) is 22.4 Å². The number of carbonyl (C=O) groups excluding carboxylic acids is 3. The number of anilines is 2. The first-order valence-corrected chi connectivity index (χ1v) is 12.8. The fourth-order valence-electron chi connectivity index (χ4n) is 4.42. The van der Waals surface area contributed by atoms with Crippen molar-refractivity contribution >= 4 is 40.6 Å². The number of primary amides is 1.